The van der Waals surface area contributed by atoms with Crippen molar-refractivity contribution < 1.29 is 9.59 Å². The first-order valence-electron chi connectivity index (χ1n) is 3.21. The number of hydrogen-bond donors (Lipinski definition) is 1. The molecule has 0 bridgehead atoms. The summed E-state index contributed by atoms with van der Waals surface area (Å²) in [6.45, 7) is 2.65. The summed E-state index contributed by atoms with van der Waals surface area (Å²) in [5.74, 6) is 0. The molecule has 2 heteroatoms. The Hall–Kier alpha value is -0.0800. The summed E-state index contributed by atoms with van der Waals surface area (Å²) >= 11 is 0. The average Bonchev–Trinajstić information content (AvgIpc) is 2.17. The van der Waals surface area contributed by atoms with Gasteiger partial charge in [0, 0.05) is 12.8 Å². The van der Waals surface area contributed by atoms with Crippen LogP contribution in [-0.4, -0.2) is 36.5 Å². The zero-order chi connectivity index (χ0) is 6.04. The number of nitrogens with zero attached hydrogens (tertiary/aromatic N) is 1. The highest BCUT2D eigenvalue weighted by molar-refractivity contribution is 4.47. The van der Waals surface area contributed by atoms with Crippen molar-refractivity contribution in [3.63, 3.8) is 0 Å². The normalized spacial score (nSPS) is 26.2. The lowest BCUT2D eigenvalue weighted by Crippen LogP contribution is -2.41. The topological polar surface area (TPSA) is 20.2 Å². The van der Waals surface area contributed by atoms with Gasteiger partial charge in [0.05, 0.1) is 20.1 Å². The van der Waals surface area contributed by atoms with Crippen molar-refractivity contribution in [3.05, 3.63) is 0 Å². The molecule has 8 heavy (non-hydrogen) atoms. The third-order valence-corrected chi connectivity index (χ3v) is 1.99. The molecule has 0 aliphatic carbocycles. The second-order valence-corrected chi connectivity index (χ2v) is 2.92. The molecule has 0 amide bonds. The number of likely N-dealkylation sites (tertiary alicyclic amines) is 1. The fourth-order valence-corrected chi connectivity index (χ4v) is 1.24. The summed E-state index contributed by atoms with van der Waals surface area (Å²) in [5.41, 5.74) is 0. The second-order valence-electron chi connectivity index (χ2n) is 2.92. The standard InChI is InChI=1S/C6H14NO/c1-7(6-8)4-2-3-5-7/h8H,2-6H2,1H3/q+1. The molecule has 1 heterocycles. The Kier molecular flexibility index (Phi) is 1.54. The van der Waals surface area contributed by atoms with E-state index in [1.165, 1.54) is 12.8 Å². The fourth-order valence-electron chi connectivity index (χ4n) is 1.24. The first kappa shape index (κ1) is 6.05. The summed E-state index contributed by atoms with van der Waals surface area (Å²) in [6, 6.07) is 0. The van der Waals surface area contributed by atoms with Crippen molar-refractivity contribution in [2.75, 3.05) is 26.9 Å². The quantitative estimate of drug-likeness (QED) is 0.484. The van der Waals surface area contributed by atoms with Crippen molar-refractivity contribution in [3.8, 4) is 0 Å². The molecule has 1 N–H and O–H groups in total. The number of aliphatic hydroxyl groups is 1. The first-order chi connectivity index (χ1) is 3.77. The van der Waals surface area contributed by atoms with E-state index in [9.17, 15) is 0 Å². The van der Waals surface area contributed by atoms with Crippen LogP contribution in [-0.2, 0) is 0 Å². The van der Waals surface area contributed by atoms with Crippen molar-refractivity contribution in [2.24, 2.45) is 0 Å². The van der Waals surface area contributed by atoms with Gasteiger partial charge in [-0.25, -0.2) is 0 Å². The summed E-state index contributed by atoms with van der Waals surface area (Å²) < 4.78 is 0.875. The lowest BCUT2D eigenvalue weighted by Gasteiger charge is -2.25. The minimum absolute atomic E-state index is 0.319. The third kappa shape index (κ3) is 1.01. The van der Waals surface area contributed by atoms with Gasteiger partial charge in [-0.3, -0.25) is 0 Å². The summed E-state index contributed by atoms with van der Waals surface area (Å²) in [4.78, 5) is 0. The molecular weight excluding hydrogens is 102 g/mol. The Morgan fingerprint density at radius 1 is 1.38 bits per heavy atom. The van der Waals surface area contributed by atoms with E-state index in [1.807, 2.05) is 0 Å². The molecular formula is C6H14NO+. The smallest absolute Gasteiger partial charge is 0.180 e. The van der Waals surface area contributed by atoms with Gasteiger partial charge >= 0.3 is 0 Å². The van der Waals surface area contributed by atoms with Crippen LogP contribution in [0.3, 0.4) is 0 Å². The number of rotatable bonds is 1. The van der Waals surface area contributed by atoms with Crippen LogP contribution >= 0.6 is 0 Å². The van der Waals surface area contributed by atoms with Crippen molar-refractivity contribution >= 4 is 0 Å². The van der Waals surface area contributed by atoms with E-state index in [1.54, 1.807) is 0 Å². The maximum atomic E-state index is 8.80. The molecule has 0 unspecified atom stereocenters. The van der Waals surface area contributed by atoms with Gasteiger partial charge in [0.1, 0.15) is 0 Å². The second kappa shape index (κ2) is 2.03. The first-order valence-corrected chi connectivity index (χ1v) is 3.21. The Morgan fingerprint density at radius 2 is 1.88 bits per heavy atom. The van der Waals surface area contributed by atoms with E-state index in [4.69, 9.17) is 5.11 Å². The predicted octanol–water partition coefficient (Wildman–Crippen LogP) is 0.177. The Labute approximate surface area is 50.3 Å². The number of aliphatic hydroxyl groups excluding tert-OH is 1. The van der Waals surface area contributed by atoms with Gasteiger partial charge < -0.3 is 9.59 Å². The van der Waals surface area contributed by atoms with E-state index in [-0.39, 0.29) is 0 Å². The maximum absolute atomic E-state index is 8.80. The monoisotopic (exact) mass is 116 g/mol. The highest BCUT2D eigenvalue weighted by Crippen LogP contribution is 2.13. The highest BCUT2D eigenvalue weighted by atomic mass is 16.3. The van der Waals surface area contributed by atoms with Crippen LogP contribution < -0.4 is 0 Å². The zero-order valence-corrected chi connectivity index (χ0v) is 5.43. The average molecular weight is 116 g/mol. The lowest BCUT2D eigenvalue weighted by atomic mass is 10.4. The van der Waals surface area contributed by atoms with Gasteiger partial charge in [0.2, 0.25) is 0 Å². The molecule has 1 aliphatic heterocycles. The third-order valence-electron chi connectivity index (χ3n) is 1.99. The number of hydrogen-bond acceptors (Lipinski definition) is 1. The molecule has 0 saturated carbocycles. The molecule has 1 rings (SSSR count). The summed E-state index contributed by atoms with van der Waals surface area (Å²) in [5, 5.41) is 8.80. The lowest BCUT2D eigenvalue weighted by molar-refractivity contribution is -0.915. The van der Waals surface area contributed by atoms with Crippen molar-refractivity contribution in [1.82, 2.24) is 0 Å². The van der Waals surface area contributed by atoms with Crippen molar-refractivity contribution in [2.45, 2.75) is 12.8 Å². The molecule has 0 atom stereocenters. The van der Waals surface area contributed by atoms with Crippen LogP contribution in [0.2, 0.25) is 0 Å². The van der Waals surface area contributed by atoms with Gasteiger partial charge in [-0.15, -0.1) is 0 Å². The maximum Gasteiger partial charge on any atom is 0.180 e. The van der Waals surface area contributed by atoms with Crippen LogP contribution in [0.15, 0.2) is 0 Å². The molecule has 0 spiro atoms. The van der Waals surface area contributed by atoms with E-state index < -0.39 is 0 Å². The fraction of sp³-hybridized carbons (Fsp3) is 1.00. The molecule has 2 nitrogen and oxygen atoms in total. The minimum Gasteiger partial charge on any atom is -0.347 e. The molecule has 1 aliphatic rings. The highest BCUT2D eigenvalue weighted by Gasteiger charge is 2.24. The van der Waals surface area contributed by atoms with Gasteiger partial charge in [0.15, 0.2) is 6.73 Å². The molecule has 0 radical (unpaired) electrons. The van der Waals surface area contributed by atoms with E-state index in [2.05, 4.69) is 7.05 Å². The van der Waals surface area contributed by atoms with Gasteiger partial charge in [0.25, 0.3) is 0 Å². The van der Waals surface area contributed by atoms with E-state index in [0.29, 0.717) is 6.73 Å². The van der Waals surface area contributed by atoms with Crippen LogP contribution in [0.5, 0.6) is 0 Å². The van der Waals surface area contributed by atoms with Crippen molar-refractivity contribution in [1.29, 1.82) is 0 Å². The molecule has 0 aromatic heterocycles. The summed E-state index contributed by atoms with van der Waals surface area (Å²) in [6.07, 6.45) is 2.58. The molecule has 48 valence electrons. The largest absolute Gasteiger partial charge is 0.347 e. The molecule has 1 fully saturated rings. The summed E-state index contributed by atoms with van der Waals surface area (Å²) in [7, 11) is 2.10. The zero-order valence-electron chi connectivity index (χ0n) is 5.43. The molecule has 1 saturated heterocycles. The SMILES string of the molecule is C[N+]1(CO)CCCC1. The van der Waals surface area contributed by atoms with Crippen LogP contribution in [0.4, 0.5) is 0 Å². The van der Waals surface area contributed by atoms with E-state index in [0.717, 1.165) is 17.6 Å². The Bertz CT molecular complexity index is 76.6. The van der Waals surface area contributed by atoms with Crippen LogP contribution in [0.25, 0.3) is 0 Å². The minimum atomic E-state index is 0.319. The van der Waals surface area contributed by atoms with Gasteiger partial charge in [-0.1, -0.05) is 0 Å². The van der Waals surface area contributed by atoms with Crippen LogP contribution in [0.1, 0.15) is 12.8 Å². The molecule has 0 aromatic rings. The molecule has 0 aromatic carbocycles. The number of quaternary nitrogens is 1. The Morgan fingerprint density at radius 3 is 2.12 bits per heavy atom. The predicted molar refractivity (Wildman–Crippen MR) is 32.2 cm³/mol. The van der Waals surface area contributed by atoms with Gasteiger partial charge in [-0.2, -0.15) is 0 Å². The van der Waals surface area contributed by atoms with Gasteiger partial charge in [-0.05, 0) is 0 Å². The van der Waals surface area contributed by atoms with E-state index >= 15 is 0 Å². The van der Waals surface area contributed by atoms with Crippen LogP contribution in [0, 0.1) is 0 Å². The Balaban J connectivity index is 2.40.